The molecule has 1 heterocycles. The van der Waals surface area contributed by atoms with Gasteiger partial charge in [-0.05, 0) is 6.92 Å². The van der Waals surface area contributed by atoms with Crippen molar-refractivity contribution in [2.24, 2.45) is 10.4 Å². The first-order chi connectivity index (χ1) is 7.00. The van der Waals surface area contributed by atoms with Gasteiger partial charge in [0.1, 0.15) is 0 Å². The Morgan fingerprint density at radius 2 is 2.07 bits per heavy atom. The van der Waals surface area contributed by atoms with Crippen molar-refractivity contribution < 1.29 is 4.52 Å². The minimum atomic E-state index is -0.154. The Morgan fingerprint density at radius 3 is 2.60 bits per heavy atom. The molecule has 0 saturated heterocycles. The van der Waals surface area contributed by atoms with Crippen LogP contribution in [0, 0.1) is 12.3 Å². The number of aromatic nitrogens is 1. The maximum atomic E-state index is 5.07. The van der Waals surface area contributed by atoms with Crippen molar-refractivity contribution in [3.63, 3.8) is 0 Å². The fourth-order valence-corrected chi connectivity index (χ4v) is 0.971. The molecule has 0 unspecified atom stereocenters. The number of aryl methyl sites for hydroxylation is 1. The fourth-order valence-electron chi connectivity index (χ4n) is 0.971. The summed E-state index contributed by atoms with van der Waals surface area (Å²) in [5.74, 6) is 0.498. The molecular weight excluding hydrogens is 188 g/mol. The van der Waals surface area contributed by atoms with Crippen LogP contribution in [0.3, 0.4) is 0 Å². The quantitative estimate of drug-likeness (QED) is 0.555. The van der Waals surface area contributed by atoms with Gasteiger partial charge in [0.15, 0.2) is 0 Å². The molecule has 0 bridgehead atoms. The van der Waals surface area contributed by atoms with Crippen LogP contribution < -0.4 is 0 Å². The van der Waals surface area contributed by atoms with E-state index in [0.717, 1.165) is 11.3 Å². The molecule has 0 aliphatic heterocycles. The molecule has 0 aliphatic carbocycles. The summed E-state index contributed by atoms with van der Waals surface area (Å²) < 4.78 is 5.07. The summed E-state index contributed by atoms with van der Waals surface area (Å²) in [5.41, 5.74) is 1.48. The van der Waals surface area contributed by atoms with Gasteiger partial charge in [-0.15, -0.1) is 6.58 Å². The van der Waals surface area contributed by atoms with Crippen molar-refractivity contribution >= 4 is 18.2 Å². The summed E-state index contributed by atoms with van der Waals surface area (Å²) in [4.78, 5) is 4.24. The molecule has 1 rings (SSSR count). The standard InChI is InChI=1S/C12H16N2O/c1-6-10-9(3)14-15-11(10)13-8-12(4,5)7-2/h6-8H,1-2H2,3-5H3/b13-8-. The number of rotatable bonds is 4. The Hall–Kier alpha value is -1.64. The fraction of sp³-hybridized carbons (Fsp3) is 0.333. The Labute approximate surface area is 90.2 Å². The molecule has 0 radical (unpaired) electrons. The molecule has 0 saturated carbocycles. The van der Waals surface area contributed by atoms with Crippen LogP contribution in [0.15, 0.2) is 28.7 Å². The van der Waals surface area contributed by atoms with Crippen LogP contribution in [0.25, 0.3) is 6.08 Å². The van der Waals surface area contributed by atoms with Gasteiger partial charge in [0.05, 0.1) is 11.3 Å². The molecular formula is C12H16N2O. The molecule has 80 valence electrons. The number of hydrogen-bond donors (Lipinski definition) is 0. The molecule has 0 fully saturated rings. The van der Waals surface area contributed by atoms with Gasteiger partial charge in [-0.3, -0.25) is 0 Å². The van der Waals surface area contributed by atoms with Crippen LogP contribution in [0.4, 0.5) is 5.88 Å². The average Bonchev–Trinajstić information content (AvgIpc) is 2.56. The van der Waals surface area contributed by atoms with Crippen LogP contribution in [0.5, 0.6) is 0 Å². The molecule has 0 amide bonds. The lowest BCUT2D eigenvalue weighted by molar-refractivity contribution is 0.425. The monoisotopic (exact) mass is 204 g/mol. The Morgan fingerprint density at radius 1 is 1.40 bits per heavy atom. The van der Waals surface area contributed by atoms with E-state index in [1.165, 1.54) is 0 Å². The van der Waals surface area contributed by atoms with Gasteiger partial charge in [0, 0.05) is 11.6 Å². The molecule has 0 aromatic carbocycles. The highest BCUT2D eigenvalue weighted by atomic mass is 16.5. The van der Waals surface area contributed by atoms with E-state index in [2.05, 4.69) is 23.3 Å². The lowest BCUT2D eigenvalue weighted by Gasteiger charge is -2.10. The zero-order valence-corrected chi connectivity index (χ0v) is 9.45. The van der Waals surface area contributed by atoms with E-state index in [9.17, 15) is 0 Å². The van der Waals surface area contributed by atoms with Crippen LogP contribution in [-0.4, -0.2) is 11.4 Å². The van der Waals surface area contributed by atoms with Gasteiger partial charge in [0.2, 0.25) is 0 Å². The third-order valence-electron chi connectivity index (χ3n) is 2.13. The highest BCUT2D eigenvalue weighted by Gasteiger charge is 2.12. The second-order valence-electron chi connectivity index (χ2n) is 3.97. The first-order valence-corrected chi connectivity index (χ1v) is 4.77. The second-order valence-corrected chi connectivity index (χ2v) is 3.97. The zero-order chi connectivity index (χ0) is 11.5. The summed E-state index contributed by atoms with van der Waals surface area (Å²) in [7, 11) is 0. The predicted octanol–water partition coefficient (Wildman–Crippen LogP) is 3.54. The van der Waals surface area contributed by atoms with Gasteiger partial charge < -0.3 is 4.52 Å². The van der Waals surface area contributed by atoms with E-state index in [-0.39, 0.29) is 5.41 Å². The summed E-state index contributed by atoms with van der Waals surface area (Å²) >= 11 is 0. The van der Waals surface area contributed by atoms with E-state index in [4.69, 9.17) is 4.52 Å². The molecule has 0 spiro atoms. The SMILES string of the molecule is C=Cc1c(C)noc1/N=C\C(C)(C)C=C. The average molecular weight is 204 g/mol. The molecule has 0 aliphatic rings. The largest absolute Gasteiger partial charge is 0.336 e. The van der Waals surface area contributed by atoms with E-state index in [1.807, 2.05) is 26.8 Å². The minimum absolute atomic E-state index is 0.154. The van der Waals surface area contributed by atoms with Gasteiger partial charge in [0.25, 0.3) is 5.88 Å². The first kappa shape index (κ1) is 11.4. The van der Waals surface area contributed by atoms with Gasteiger partial charge in [-0.25, -0.2) is 4.99 Å². The molecule has 3 heteroatoms. The third kappa shape index (κ3) is 2.65. The van der Waals surface area contributed by atoms with Crippen molar-refractivity contribution in [2.75, 3.05) is 0 Å². The zero-order valence-electron chi connectivity index (χ0n) is 9.45. The maximum Gasteiger partial charge on any atom is 0.257 e. The van der Waals surface area contributed by atoms with E-state index in [0.29, 0.717) is 5.88 Å². The topological polar surface area (TPSA) is 38.4 Å². The number of hydrogen-bond acceptors (Lipinski definition) is 3. The molecule has 1 aromatic heterocycles. The van der Waals surface area contributed by atoms with Crippen LogP contribution in [0.2, 0.25) is 0 Å². The molecule has 15 heavy (non-hydrogen) atoms. The van der Waals surface area contributed by atoms with E-state index in [1.54, 1.807) is 12.3 Å². The van der Waals surface area contributed by atoms with Crippen molar-refractivity contribution in [1.29, 1.82) is 0 Å². The van der Waals surface area contributed by atoms with Gasteiger partial charge >= 0.3 is 0 Å². The van der Waals surface area contributed by atoms with Crippen molar-refractivity contribution in [3.05, 3.63) is 30.5 Å². The highest BCUT2D eigenvalue weighted by Crippen LogP contribution is 2.24. The molecule has 3 nitrogen and oxygen atoms in total. The third-order valence-corrected chi connectivity index (χ3v) is 2.13. The predicted molar refractivity (Wildman–Crippen MR) is 63.5 cm³/mol. The minimum Gasteiger partial charge on any atom is -0.336 e. The number of allylic oxidation sites excluding steroid dienone is 1. The highest BCUT2D eigenvalue weighted by molar-refractivity contribution is 5.72. The molecule has 0 atom stereocenters. The van der Waals surface area contributed by atoms with Gasteiger partial charge in [-0.1, -0.05) is 37.7 Å². The Balaban J connectivity index is 2.99. The number of nitrogens with zero attached hydrogens (tertiary/aromatic N) is 2. The molecule has 0 N–H and O–H groups in total. The smallest absolute Gasteiger partial charge is 0.257 e. The summed E-state index contributed by atoms with van der Waals surface area (Å²) in [5, 5.41) is 3.83. The van der Waals surface area contributed by atoms with Crippen LogP contribution in [-0.2, 0) is 0 Å². The summed E-state index contributed by atoms with van der Waals surface area (Å²) in [6.07, 6.45) is 5.31. The Kier molecular flexibility index (Phi) is 3.24. The van der Waals surface area contributed by atoms with Crippen molar-refractivity contribution in [2.45, 2.75) is 20.8 Å². The lowest BCUT2D eigenvalue weighted by Crippen LogP contribution is -2.07. The van der Waals surface area contributed by atoms with Crippen LogP contribution >= 0.6 is 0 Å². The molecule has 1 aromatic rings. The lowest BCUT2D eigenvalue weighted by atomic mass is 9.96. The number of aliphatic imine (C=N–C) groups is 1. The first-order valence-electron chi connectivity index (χ1n) is 4.77. The second kappa shape index (κ2) is 4.26. The van der Waals surface area contributed by atoms with Crippen molar-refractivity contribution in [3.8, 4) is 0 Å². The Bertz CT molecular complexity index is 400. The van der Waals surface area contributed by atoms with E-state index >= 15 is 0 Å². The van der Waals surface area contributed by atoms with E-state index < -0.39 is 0 Å². The maximum absolute atomic E-state index is 5.07. The van der Waals surface area contributed by atoms with Crippen molar-refractivity contribution in [1.82, 2.24) is 5.16 Å². The van der Waals surface area contributed by atoms with Crippen LogP contribution in [0.1, 0.15) is 25.1 Å². The summed E-state index contributed by atoms with van der Waals surface area (Å²) in [6, 6.07) is 0. The summed E-state index contributed by atoms with van der Waals surface area (Å²) in [6.45, 7) is 13.3. The normalized spacial score (nSPS) is 11.9. The van der Waals surface area contributed by atoms with Gasteiger partial charge in [-0.2, -0.15) is 0 Å².